The van der Waals surface area contributed by atoms with Gasteiger partial charge in [-0.15, -0.1) is 0 Å². The first-order valence-electron chi connectivity index (χ1n) is 6.20. The van der Waals surface area contributed by atoms with E-state index in [0.29, 0.717) is 27.5 Å². The van der Waals surface area contributed by atoms with Gasteiger partial charge in [0.2, 0.25) is 0 Å². The third-order valence-corrected chi connectivity index (χ3v) is 3.22. The van der Waals surface area contributed by atoms with E-state index in [1.165, 1.54) is 6.07 Å². The van der Waals surface area contributed by atoms with Crippen LogP contribution in [0.4, 0.5) is 11.4 Å². The van der Waals surface area contributed by atoms with Gasteiger partial charge in [-0.2, -0.15) is 0 Å². The number of anilines is 2. The number of rotatable bonds is 3. The van der Waals surface area contributed by atoms with Gasteiger partial charge >= 0.3 is 0 Å². The smallest absolute Gasteiger partial charge is 0.255 e. The molecule has 0 bridgehead atoms. The highest BCUT2D eigenvalue weighted by atomic mass is 35.5. The zero-order valence-electron chi connectivity index (χ0n) is 11.3. The molecule has 108 valence electrons. The molecule has 0 saturated carbocycles. The SMILES string of the molecule is CNC(=O)c1ccc(NC(=O)c2ccc(N)c(Cl)c2)cc1. The topological polar surface area (TPSA) is 84.2 Å². The molecule has 0 fully saturated rings. The molecule has 0 aliphatic heterocycles. The molecule has 0 aliphatic rings. The Bertz CT molecular complexity index is 684. The first-order chi connectivity index (χ1) is 10.0. The van der Waals surface area contributed by atoms with Crippen molar-refractivity contribution in [2.75, 3.05) is 18.1 Å². The van der Waals surface area contributed by atoms with Crippen LogP contribution in [0, 0.1) is 0 Å². The lowest BCUT2D eigenvalue weighted by molar-refractivity contribution is 0.0962. The van der Waals surface area contributed by atoms with Crippen molar-refractivity contribution in [1.29, 1.82) is 0 Å². The third-order valence-electron chi connectivity index (χ3n) is 2.89. The number of benzene rings is 2. The van der Waals surface area contributed by atoms with Crippen LogP contribution in [0.1, 0.15) is 20.7 Å². The second-order valence-corrected chi connectivity index (χ2v) is 4.75. The largest absolute Gasteiger partial charge is 0.398 e. The minimum atomic E-state index is -0.301. The van der Waals surface area contributed by atoms with E-state index in [2.05, 4.69) is 10.6 Å². The van der Waals surface area contributed by atoms with Crippen LogP contribution >= 0.6 is 11.6 Å². The minimum Gasteiger partial charge on any atom is -0.398 e. The normalized spacial score (nSPS) is 10.0. The maximum atomic E-state index is 12.1. The van der Waals surface area contributed by atoms with Crippen molar-refractivity contribution in [2.45, 2.75) is 0 Å². The average molecular weight is 304 g/mol. The fourth-order valence-corrected chi connectivity index (χ4v) is 1.90. The Labute approximate surface area is 127 Å². The average Bonchev–Trinajstić information content (AvgIpc) is 2.50. The molecule has 0 atom stereocenters. The summed E-state index contributed by atoms with van der Waals surface area (Å²) in [6, 6.07) is 11.2. The van der Waals surface area contributed by atoms with Crippen LogP contribution in [0.3, 0.4) is 0 Å². The summed E-state index contributed by atoms with van der Waals surface area (Å²) in [5.74, 6) is -0.484. The van der Waals surface area contributed by atoms with Crippen molar-refractivity contribution in [3.63, 3.8) is 0 Å². The van der Waals surface area contributed by atoms with Gasteiger partial charge in [-0.3, -0.25) is 9.59 Å². The van der Waals surface area contributed by atoms with E-state index < -0.39 is 0 Å². The summed E-state index contributed by atoms with van der Waals surface area (Å²) in [5, 5.41) is 5.58. The predicted molar refractivity (Wildman–Crippen MR) is 83.6 cm³/mol. The highest BCUT2D eigenvalue weighted by Crippen LogP contribution is 2.20. The number of hydrogen-bond acceptors (Lipinski definition) is 3. The number of amides is 2. The molecule has 2 aromatic carbocycles. The highest BCUT2D eigenvalue weighted by Gasteiger charge is 2.09. The van der Waals surface area contributed by atoms with E-state index >= 15 is 0 Å². The van der Waals surface area contributed by atoms with Gasteiger partial charge in [0.05, 0.1) is 10.7 Å². The van der Waals surface area contributed by atoms with Crippen LogP contribution in [0.2, 0.25) is 5.02 Å². The molecular formula is C15H14ClN3O2. The Hall–Kier alpha value is -2.53. The summed E-state index contributed by atoms with van der Waals surface area (Å²) in [5.41, 5.74) is 7.53. The predicted octanol–water partition coefficient (Wildman–Crippen LogP) is 2.53. The molecule has 0 spiro atoms. The molecule has 6 heteroatoms. The third kappa shape index (κ3) is 3.52. The number of nitrogens with two attached hydrogens (primary N) is 1. The van der Waals surface area contributed by atoms with Crippen molar-refractivity contribution < 1.29 is 9.59 Å². The summed E-state index contributed by atoms with van der Waals surface area (Å²) >= 11 is 5.88. The molecule has 2 rings (SSSR count). The Morgan fingerprint density at radius 1 is 1.00 bits per heavy atom. The van der Waals surface area contributed by atoms with Gasteiger partial charge in [0.25, 0.3) is 11.8 Å². The number of halogens is 1. The maximum absolute atomic E-state index is 12.1. The van der Waals surface area contributed by atoms with Gasteiger partial charge in [-0.25, -0.2) is 0 Å². The van der Waals surface area contributed by atoms with Gasteiger partial charge < -0.3 is 16.4 Å². The van der Waals surface area contributed by atoms with Gasteiger partial charge in [-0.1, -0.05) is 11.6 Å². The zero-order chi connectivity index (χ0) is 15.4. The molecule has 0 unspecified atom stereocenters. The second-order valence-electron chi connectivity index (χ2n) is 4.35. The zero-order valence-corrected chi connectivity index (χ0v) is 12.1. The number of hydrogen-bond donors (Lipinski definition) is 3. The van der Waals surface area contributed by atoms with Crippen molar-refractivity contribution >= 4 is 34.8 Å². The molecular weight excluding hydrogens is 290 g/mol. The molecule has 0 heterocycles. The van der Waals surface area contributed by atoms with Crippen LogP contribution in [0.5, 0.6) is 0 Å². The summed E-state index contributed by atoms with van der Waals surface area (Å²) < 4.78 is 0. The Morgan fingerprint density at radius 2 is 1.62 bits per heavy atom. The van der Waals surface area contributed by atoms with Crippen LogP contribution in [-0.2, 0) is 0 Å². The molecule has 0 aromatic heterocycles. The Kier molecular flexibility index (Phi) is 4.45. The van der Waals surface area contributed by atoms with Gasteiger partial charge in [0.15, 0.2) is 0 Å². The molecule has 0 aliphatic carbocycles. The first-order valence-corrected chi connectivity index (χ1v) is 6.57. The molecule has 2 aromatic rings. The van der Waals surface area contributed by atoms with E-state index in [1.807, 2.05) is 0 Å². The summed E-state index contributed by atoms with van der Waals surface area (Å²) in [6.45, 7) is 0. The lowest BCUT2D eigenvalue weighted by Crippen LogP contribution is -2.17. The molecule has 0 radical (unpaired) electrons. The Balaban J connectivity index is 2.12. The highest BCUT2D eigenvalue weighted by molar-refractivity contribution is 6.33. The van der Waals surface area contributed by atoms with E-state index in [9.17, 15) is 9.59 Å². The lowest BCUT2D eigenvalue weighted by atomic mass is 10.1. The summed E-state index contributed by atoms with van der Waals surface area (Å²) in [6.07, 6.45) is 0. The molecule has 4 N–H and O–H groups in total. The van der Waals surface area contributed by atoms with E-state index in [4.69, 9.17) is 17.3 Å². The minimum absolute atomic E-state index is 0.182. The van der Waals surface area contributed by atoms with Crippen LogP contribution in [0.15, 0.2) is 42.5 Å². The van der Waals surface area contributed by atoms with Gasteiger partial charge in [0.1, 0.15) is 0 Å². The number of nitrogens with one attached hydrogen (secondary N) is 2. The summed E-state index contributed by atoms with van der Waals surface area (Å²) in [4.78, 5) is 23.5. The van der Waals surface area contributed by atoms with Gasteiger partial charge in [-0.05, 0) is 42.5 Å². The summed E-state index contributed by atoms with van der Waals surface area (Å²) in [7, 11) is 1.56. The standard InChI is InChI=1S/C15H14ClN3O2/c1-18-14(20)9-2-5-11(6-3-9)19-15(21)10-4-7-13(17)12(16)8-10/h2-8H,17H2,1H3,(H,18,20)(H,19,21). The van der Waals surface area contributed by atoms with E-state index in [0.717, 1.165) is 0 Å². The van der Waals surface area contributed by atoms with Crippen LogP contribution in [-0.4, -0.2) is 18.9 Å². The number of nitrogen functional groups attached to an aromatic ring is 1. The van der Waals surface area contributed by atoms with Crippen molar-refractivity contribution in [3.05, 3.63) is 58.6 Å². The number of carbonyl (C=O) groups excluding carboxylic acids is 2. The molecule has 21 heavy (non-hydrogen) atoms. The Morgan fingerprint density at radius 3 is 2.19 bits per heavy atom. The number of carbonyl (C=O) groups is 2. The van der Waals surface area contributed by atoms with E-state index in [-0.39, 0.29) is 11.8 Å². The fraction of sp³-hybridized carbons (Fsp3) is 0.0667. The van der Waals surface area contributed by atoms with Crippen molar-refractivity contribution in [1.82, 2.24) is 5.32 Å². The van der Waals surface area contributed by atoms with E-state index in [1.54, 1.807) is 43.4 Å². The molecule has 2 amide bonds. The van der Waals surface area contributed by atoms with Crippen LogP contribution < -0.4 is 16.4 Å². The molecule has 0 saturated heterocycles. The van der Waals surface area contributed by atoms with Crippen molar-refractivity contribution in [2.24, 2.45) is 0 Å². The maximum Gasteiger partial charge on any atom is 0.255 e. The lowest BCUT2D eigenvalue weighted by Gasteiger charge is -2.07. The second kappa shape index (κ2) is 6.28. The quantitative estimate of drug-likeness (QED) is 0.762. The first kappa shape index (κ1) is 14.9. The van der Waals surface area contributed by atoms with Gasteiger partial charge in [0, 0.05) is 23.9 Å². The fourth-order valence-electron chi connectivity index (χ4n) is 1.72. The molecule has 5 nitrogen and oxygen atoms in total. The monoisotopic (exact) mass is 303 g/mol. The van der Waals surface area contributed by atoms with Crippen molar-refractivity contribution in [3.8, 4) is 0 Å². The van der Waals surface area contributed by atoms with Crippen LogP contribution in [0.25, 0.3) is 0 Å².